The molecule has 0 aromatic carbocycles. The quantitative estimate of drug-likeness (QED) is 0.478. The molecule has 3 heteroatoms. The molecule has 2 rings (SSSR count). The Kier molecular flexibility index (Phi) is 1.36. The Hall–Kier alpha value is -1.73. The van der Waals surface area contributed by atoms with Crippen LogP contribution in [0.25, 0.3) is 11.8 Å². The summed E-state index contributed by atoms with van der Waals surface area (Å²) in [5.74, 6) is 0. The third-order valence-corrected chi connectivity index (χ3v) is 1.36. The van der Waals surface area contributed by atoms with Crippen LogP contribution < -0.4 is 10.6 Å². The molecule has 0 radical (unpaired) electrons. The molecule has 0 bridgehead atoms. The van der Waals surface area contributed by atoms with E-state index in [2.05, 4.69) is 20.7 Å². The molecule has 1 aliphatic heterocycles. The fourth-order valence-corrected chi connectivity index (χ4v) is 0.847. The third-order valence-electron chi connectivity index (χ3n) is 1.36. The first-order valence-corrected chi connectivity index (χ1v) is 3.21. The van der Waals surface area contributed by atoms with Crippen molar-refractivity contribution in [2.45, 2.75) is 0 Å². The largest absolute Gasteiger partial charge is 0.256 e. The number of hydrogen-bond donors (Lipinski definition) is 0. The van der Waals surface area contributed by atoms with E-state index in [0.29, 0.717) is 0 Å². The van der Waals surface area contributed by atoms with E-state index < -0.39 is 0 Å². The smallest absolute Gasteiger partial charge is 0.116 e. The third kappa shape index (κ3) is 1.09. The molecule has 2 heterocycles. The molecule has 0 amide bonds. The molecule has 1 aromatic rings. The highest BCUT2D eigenvalue weighted by molar-refractivity contribution is 5.91. The molecule has 0 aliphatic carbocycles. The summed E-state index contributed by atoms with van der Waals surface area (Å²) in [6.45, 7) is 0. The molecule has 1 aliphatic rings. The van der Waals surface area contributed by atoms with Crippen LogP contribution in [-0.2, 0) is 0 Å². The first-order valence-electron chi connectivity index (χ1n) is 3.21. The Balaban J connectivity index is 2.99. The highest BCUT2D eigenvalue weighted by Crippen LogP contribution is 1.70. The lowest BCUT2D eigenvalue weighted by Crippen LogP contribution is -2.27. The van der Waals surface area contributed by atoms with Gasteiger partial charge in [-0.3, -0.25) is 4.99 Å². The van der Waals surface area contributed by atoms with Gasteiger partial charge in [0.25, 0.3) is 0 Å². The summed E-state index contributed by atoms with van der Waals surface area (Å²) in [4.78, 5) is 11.8. The maximum atomic E-state index is 4.04. The Morgan fingerprint density at radius 1 is 1.36 bits per heavy atom. The predicted molar refractivity (Wildman–Crippen MR) is 42.2 cm³/mol. The van der Waals surface area contributed by atoms with Crippen molar-refractivity contribution < 1.29 is 0 Å². The summed E-state index contributed by atoms with van der Waals surface area (Å²) in [5, 5.41) is 1.74. The normalized spacial score (nSPS) is 12.7. The van der Waals surface area contributed by atoms with Crippen molar-refractivity contribution in [3.8, 4) is 0 Å². The molecule has 0 atom stereocenters. The lowest BCUT2D eigenvalue weighted by atomic mass is 10.4. The second-order valence-corrected chi connectivity index (χ2v) is 2.06. The number of aromatic nitrogens is 2. The molecule has 1 aromatic heterocycles. The fraction of sp³-hybridized carbons (Fsp3) is 0. The maximum absolute atomic E-state index is 4.04. The van der Waals surface area contributed by atoms with Gasteiger partial charge in [-0.2, -0.15) is 0 Å². The van der Waals surface area contributed by atoms with Crippen LogP contribution in [0.15, 0.2) is 23.7 Å². The van der Waals surface area contributed by atoms with Gasteiger partial charge < -0.3 is 0 Å². The van der Waals surface area contributed by atoms with E-state index >= 15 is 0 Å². The molecular weight excluding hydrogens is 138 g/mol. The Morgan fingerprint density at radius 2 is 2.36 bits per heavy atom. The molecule has 0 fully saturated rings. The van der Waals surface area contributed by atoms with Gasteiger partial charge in [0, 0.05) is 12.4 Å². The lowest BCUT2D eigenvalue weighted by Gasteiger charge is -1.80. The van der Waals surface area contributed by atoms with Crippen LogP contribution in [-0.4, -0.2) is 16.2 Å². The first kappa shape index (κ1) is 6.01. The van der Waals surface area contributed by atoms with Gasteiger partial charge in [-0.1, -0.05) is 5.73 Å². The van der Waals surface area contributed by atoms with Crippen LogP contribution in [0.1, 0.15) is 0 Å². The minimum absolute atomic E-state index is 0.859. The lowest BCUT2D eigenvalue weighted by molar-refractivity contribution is 1.10. The van der Waals surface area contributed by atoms with Gasteiger partial charge in [-0.05, 0) is 6.08 Å². The summed E-state index contributed by atoms with van der Waals surface area (Å²) in [6, 6.07) is 0. The van der Waals surface area contributed by atoms with Gasteiger partial charge >= 0.3 is 0 Å². The van der Waals surface area contributed by atoms with Crippen LogP contribution in [0.3, 0.4) is 0 Å². The summed E-state index contributed by atoms with van der Waals surface area (Å²) in [7, 11) is 0. The Bertz CT molecular complexity index is 439. The zero-order valence-electron chi connectivity index (χ0n) is 5.73. The average molecular weight is 143 g/mol. The fourth-order valence-electron chi connectivity index (χ4n) is 0.847. The number of hydrogen-bond acceptors (Lipinski definition) is 3. The highest BCUT2D eigenvalue weighted by Gasteiger charge is 1.83. The van der Waals surface area contributed by atoms with Gasteiger partial charge in [-0.15, -0.1) is 0 Å². The van der Waals surface area contributed by atoms with E-state index in [4.69, 9.17) is 0 Å². The van der Waals surface area contributed by atoms with Gasteiger partial charge in [0.15, 0.2) is 0 Å². The molecule has 3 nitrogen and oxygen atoms in total. The zero-order valence-corrected chi connectivity index (χ0v) is 5.73. The predicted octanol–water partition coefficient (Wildman–Crippen LogP) is -0.765. The molecule has 0 unspecified atom stereocenters. The second-order valence-electron chi connectivity index (χ2n) is 2.06. The molecule has 0 saturated carbocycles. The summed E-state index contributed by atoms with van der Waals surface area (Å²) < 4.78 is 0. The van der Waals surface area contributed by atoms with Crippen molar-refractivity contribution in [3.05, 3.63) is 29.3 Å². The van der Waals surface area contributed by atoms with E-state index in [0.717, 1.165) is 10.6 Å². The molecule has 0 saturated heterocycles. The van der Waals surface area contributed by atoms with Gasteiger partial charge in [-0.25, -0.2) is 9.97 Å². The molecule has 0 spiro atoms. The molecular formula is C8H5N3. The number of nitrogens with zero attached hydrogens (tertiary/aromatic N) is 3. The van der Waals surface area contributed by atoms with Crippen LogP contribution in [0.2, 0.25) is 0 Å². The second kappa shape index (κ2) is 2.48. The van der Waals surface area contributed by atoms with E-state index in [-0.39, 0.29) is 0 Å². The highest BCUT2D eigenvalue weighted by atomic mass is 14.8. The average Bonchev–Trinajstić information content (AvgIpc) is 2.28. The minimum Gasteiger partial charge on any atom is -0.256 e. The number of rotatable bonds is 0. The topological polar surface area (TPSA) is 38.1 Å². The summed E-state index contributed by atoms with van der Waals surface area (Å²) in [6.07, 6.45) is 8.34. The summed E-state index contributed by atoms with van der Waals surface area (Å²) in [5.41, 5.74) is 2.95. The first-order chi connectivity index (χ1) is 5.47. The summed E-state index contributed by atoms with van der Waals surface area (Å²) >= 11 is 0. The Morgan fingerprint density at radius 3 is 3.36 bits per heavy atom. The van der Waals surface area contributed by atoms with Crippen molar-refractivity contribution in [2.24, 2.45) is 4.99 Å². The van der Waals surface area contributed by atoms with Gasteiger partial charge in [0.2, 0.25) is 0 Å². The number of aliphatic imine (C=N–C) groups is 1. The Labute approximate surface area is 63.2 Å². The van der Waals surface area contributed by atoms with Crippen molar-refractivity contribution in [2.75, 3.05) is 0 Å². The molecule has 11 heavy (non-hydrogen) atoms. The zero-order chi connectivity index (χ0) is 7.52. The minimum atomic E-state index is 0.859. The van der Waals surface area contributed by atoms with Crippen molar-refractivity contribution in [3.63, 3.8) is 0 Å². The SMILES string of the molecule is C1=CN=CC=c2ncncc2=1. The van der Waals surface area contributed by atoms with Crippen molar-refractivity contribution in [1.82, 2.24) is 9.97 Å². The van der Waals surface area contributed by atoms with Crippen LogP contribution in [0.5, 0.6) is 0 Å². The van der Waals surface area contributed by atoms with E-state index in [1.54, 1.807) is 18.6 Å². The van der Waals surface area contributed by atoms with Crippen molar-refractivity contribution >= 4 is 18.0 Å². The van der Waals surface area contributed by atoms with Crippen LogP contribution >= 0.6 is 0 Å². The van der Waals surface area contributed by atoms with Crippen LogP contribution in [0, 0.1) is 0 Å². The molecule has 0 N–H and O–H groups in total. The van der Waals surface area contributed by atoms with Gasteiger partial charge in [0.1, 0.15) is 6.33 Å². The number of fused-ring (bicyclic) bond motifs is 1. The van der Waals surface area contributed by atoms with E-state index in [1.807, 2.05) is 6.08 Å². The van der Waals surface area contributed by atoms with E-state index in [9.17, 15) is 0 Å². The van der Waals surface area contributed by atoms with E-state index in [1.165, 1.54) is 6.33 Å². The standard InChI is InChI=1S/C8H5N3/c1-3-9-4-2-8-7(1)5-10-6-11-8/h2-6H. The van der Waals surface area contributed by atoms with Crippen LogP contribution in [0.4, 0.5) is 0 Å². The molecule has 52 valence electrons. The maximum Gasteiger partial charge on any atom is 0.116 e. The van der Waals surface area contributed by atoms with Gasteiger partial charge in [0.05, 0.1) is 16.8 Å². The van der Waals surface area contributed by atoms with Crippen molar-refractivity contribution in [1.29, 1.82) is 0 Å². The monoisotopic (exact) mass is 143 g/mol.